The van der Waals surface area contributed by atoms with E-state index in [1.54, 1.807) is 6.07 Å². The van der Waals surface area contributed by atoms with E-state index in [0.29, 0.717) is 11.3 Å². The average molecular weight is 277 g/mol. The van der Waals surface area contributed by atoms with Crippen LogP contribution in [0.3, 0.4) is 0 Å². The normalized spacial score (nSPS) is 10.2. The summed E-state index contributed by atoms with van der Waals surface area (Å²) in [6, 6.07) is 7.45. The van der Waals surface area contributed by atoms with Crippen LogP contribution in [0.25, 0.3) is 11.3 Å². The second-order valence-corrected chi connectivity index (χ2v) is 4.20. The van der Waals surface area contributed by atoms with E-state index in [9.17, 15) is 9.59 Å². The molecule has 6 heteroatoms. The van der Waals surface area contributed by atoms with Crippen molar-refractivity contribution < 1.29 is 14.7 Å². The molecule has 3 N–H and O–H groups in total. The number of nitrogens with two attached hydrogens (primary N) is 1. The Hall–Kier alpha value is -2.40. The van der Waals surface area contributed by atoms with Gasteiger partial charge in [-0.3, -0.25) is 9.78 Å². The molecule has 0 unspecified atom stereocenters. The second-order valence-electron chi connectivity index (χ2n) is 3.79. The topological polar surface area (TPSA) is 93.3 Å². The molecule has 2 rings (SSSR count). The zero-order valence-corrected chi connectivity index (χ0v) is 10.4. The number of halogens is 1. The van der Waals surface area contributed by atoms with Crippen molar-refractivity contribution in [2.75, 3.05) is 0 Å². The first-order valence-electron chi connectivity index (χ1n) is 5.28. The van der Waals surface area contributed by atoms with Crippen molar-refractivity contribution in [1.29, 1.82) is 0 Å². The van der Waals surface area contributed by atoms with Gasteiger partial charge in [-0.25, -0.2) is 4.79 Å². The molecule has 0 radical (unpaired) electrons. The maximum absolute atomic E-state index is 11.2. The van der Waals surface area contributed by atoms with Crippen molar-refractivity contribution >= 4 is 23.5 Å². The van der Waals surface area contributed by atoms with Crippen molar-refractivity contribution in [3.8, 4) is 11.3 Å². The van der Waals surface area contributed by atoms with Gasteiger partial charge in [0, 0.05) is 11.8 Å². The van der Waals surface area contributed by atoms with Crippen molar-refractivity contribution in [3.05, 3.63) is 52.7 Å². The molecule has 1 amide bonds. The Balaban J connectivity index is 2.53. The highest BCUT2D eigenvalue weighted by Gasteiger charge is 2.11. The fraction of sp³-hybridized carbons (Fsp3) is 0. The van der Waals surface area contributed by atoms with Crippen LogP contribution < -0.4 is 5.73 Å². The Morgan fingerprint density at radius 2 is 1.95 bits per heavy atom. The zero-order valence-electron chi connectivity index (χ0n) is 9.63. The number of nitrogens with zero attached hydrogens (tertiary/aromatic N) is 1. The van der Waals surface area contributed by atoms with Gasteiger partial charge in [0.15, 0.2) is 0 Å². The van der Waals surface area contributed by atoms with Crippen molar-refractivity contribution in [2.45, 2.75) is 0 Å². The Labute approximate surface area is 113 Å². The van der Waals surface area contributed by atoms with Gasteiger partial charge in [0.05, 0.1) is 21.8 Å². The Morgan fingerprint density at radius 1 is 1.21 bits per heavy atom. The SMILES string of the molecule is NC(=O)c1cc(-c2cc(C(=O)O)ccn2)ccc1Cl. The highest BCUT2D eigenvalue weighted by atomic mass is 35.5. The molecular formula is C13H9ClN2O3. The number of hydrogen-bond acceptors (Lipinski definition) is 3. The summed E-state index contributed by atoms with van der Waals surface area (Å²) in [5, 5.41) is 9.16. The average Bonchev–Trinajstić information content (AvgIpc) is 2.39. The van der Waals surface area contributed by atoms with Gasteiger partial charge in [-0.2, -0.15) is 0 Å². The molecule has 1 aromatic heterocycles. The number of aromatic nitrogens is 1. The number of aromatic carboxylic acids is 1. The number of carbonyl (C=O) groups is 2. The van der Waals surface area contributed by atoms with E-state index in [1.165, 1.54) is 30.5 Å². The standard InChI is InChI=1S/C13H9ClN2O3/c14-10-2-1-7(5-9(10)12(15)17)11-6-8(13(18)19)3-4-16-11/h1-6H,(H2,15,17)(H,18,19). The monoisotopic (exact) mass is 276 g/mol. The van der Waals surface area contributed by atoms with Gasteiger partial charge in [-0.1, -0.05) is 17.7 Å². The number of amides is 1. The molecular weight excluding hydrogens is 268 g/mol. The number of hydrogen-bond donors (Lipinski definition) is 2. The first-order chi connectivity index (χ1) is 8.99. The van der Waals surface area contributed by atoms with Crippen molar-refractivity contribution in [3.63, 3.8) is 0 Å². The lowest BCUT2D eigenvalue weighted by Gasteiger charge is -2.05. The van der Waals surface area contributed by atoms with Crippen LogP contribution in [-0.2, 0) is 0 Å². The number of rotatable bonds is 3. The van der Waals surface area contributed by atoms with Gasteiger partial charge in [-0.05, 0) is 24.3 Å². The molecule has 0 atom stereocenters. The van der Waals surface area contributed by atoms with E-state index in [0.717, 1.165) is 0 Å². The van der Waals surface area contributed by atoms with Gasteiger partial charge in [0.2, 0.25) is 5.91 Å². The molecule has 1 aromatic carbocycles. The molecule has 0 aliphatic rings. The molecule has 5 nitrogen and oxygen atoms in total. The molecule has 2 aromatic rings. The number of primary amides is 1. The lowest BCUT2D eigenvalue weighted by Crippen LogP contribution is -2.11. The summed E-state index contributed by atoms with van der Waals surface area (Å²) >= 11 is 5.85. The van der Waals surface area contributed by atoms with E-state index in [4.69, 9.17) is 22.4 Å². The smallest absolute Gasteiger partial charge is 0.335 e. The fourth-order valence-electron chi connectivity index (χ4n) is 1.59. The fourth-order valence-corrected chi connectivity index (χ4v) is 1.81. The van der Waals surface area contributed by atoms with Crippen molar-refractivity contribution in [2.24, 2.45) is 5.73 Å². The number of carbonyl (C=O) groups excluding carboxylic acids is 1. The zero-order chi connectivity index (χ0) is 14.0. The predicted octanol–water partition coefficient (Wildman–Crippen LogP) is 2.20. The van der Waals surface area contributed by atoms with Crippen LogP contribution in [0.5, 0.6) is 0 Å². The summed E-state index contributed by atoms with van der Waals surface area (Å²) in [6.07, 6.45) is 1.39. The molecule has 96 valence electrons. The van der Waals surface area contributed by atoms with E-state index >= 15 is 0 Å². The van der Waals surface area contributed by atoms with Gasteiger partial charge in [0.1, 0.15) is 0 Å². The number of pyridine rings is 1. The molecule has 0 fully saturated rings. The Morgan fingerprint density at radius 3 is 2.58 bits per heavy atom. The molecule has 0 saturated carbocycles. The molecule has 0 bridgehead atoms. The molecule has 0 spiro atoms. The largest absolute Gasteiger partial charge is 0.478 e. The second kappa shape index (κ2) is 5.07. The van der Waals surface area contributed by atoms with Crippen LogP contribution in [0.4, 0.5) is 0 Å². The Bertz CT molecular complexity index is 671. The maximum Gasteiger partial charge on any atom is 0.335 e. The molecule has 19 heavy (non-hydrogen) atoms. The number of benzene rings is 1. The molecule has 0 aliphatic heterocycles. The van der Waals surface area contributed by atoms with Crippen LogP contribution in [0.1, 0.15) is 20.7 Å². The maximum atomic E-state index is 11.2. The third kappa shape index (κ3) is 2.71. The summed E-state index contributed by atoms with van der Waals surface area (Å²) < 4.78 is 0. The minimum absolute atomic E-state index is 0.112. The van der Waals surface area contributed by atoms with Gasteiger partial charge in [-0.15, -0.1) is 0 Å². The predicted molar refractivity (Wildman–Crippen MR) is 70.2 cm³/mol. The van der Waals surface area contributed by atoms with Crippen LogP contribution in [0.15, 0.2) is 36.5 Å². The number of carboxylic acid groups (broad SMARTS) is 1. The van der Waals surface area contributed by atoms with Gasteiger partial charge in [0.25, 0.3) is 0 Å². The first kappa shape index (κ1) is 13.0. The molecule has 0 saturated heterocycles. The van der Waals surface area contributed by atoms with Gasteiger partial charge >= 0.3 is 5.97 Å². The van der Waals surface area contributed by atoms with Crippen molar-refractivity contribution in [1.82, 2.24) is 4.98 Å². The quantitative estimate of drug-likeness (QED) is 0.898. The lowest BCUT2D eigenvalue weighted by atomic mass is 10.1. The summed E-state index contributed by atoms with van der Waals surface area (Å²) in [4.78, 5) is 26.2. The molecule has 0 aliphatic carbocycles. The minimum Gasteiger partial charge on any atom is -0.478 e. The van der Waals surface area contributed by atoms with E-state index < -0.39 is 11.9 Å². The third-order valence-electron chi connectivity index (χ3n) is 2.53. The summed E-state index contributed by atoms with van der Waals surface area (Å²) in [7, 11) is 0. The van der Waals surface area contributed by atoms with E-state index in [1.807, 2.05) is 0 Å². The van der Waals surface area contributed by atoms with E-state index in [-0.39, 0.29) is 16.1 Å². The van der Waals surface area contributed by atoms with Crippen LogP contribution in [-0.4, -0.2) is 22.0 Å². The lowest BCUT2D eigenvalue weighted by molar-refractivity contribution is 0.0696. The summed E-state index contributed by atoms with van der Waals surface area (Å²) in [5.41, 5.74) is 6.48. The van der Waals surface area contributed by atoms with Gasteiger partial charge < -0.3 is 10.8 Å². The van der Waals surface area contributed by atoms with E-state index in [2.05, 4.69) is 4.98 Å². The summed E-state index contributed by atoms with van der Waals surface area (Å²) in [5.74, 6) is -1.70. The van der Waals surface area contributed by atoms with Crippen LogP contribution in [0, 0.1) is 0 Å². The Kier molecular flexibility index (Phi) is 3.48. The third-order valence-corrected chi connectivity index (χ3v) is 2.86. The van der Waals surface area contributed by atoms with Crippen LogP contribution in [0.2, 0.25) is 5.02 Å². The summed E-state index contributed by atoms with van der Waals surface area (Å²) in [6.45, 7) is 0. The highest BCUT2D eigenvalue weighted by Crippen LogP contribution is 2.24. The highest BCUT2D eigenvalue weighted by molar-refractivity contribution is 6.33. The minimum atomic E-state index is -1.05. The molecule has 1 heterocycles. The van der Waals surface area contributed by atoms with Crippen LogP contribution >= 0.6 is 11.6 Å². The first-order valence-corrected chi connectivity index (χ1v) is 5.66. The number of carboxylic acids is 1.